The molecule has 43 heavy (non-hydrogen) atoms. The first-order valence-corrected chi connectivity index (χ1v) is 14.8. The third-order valence-electron chi connectivity index (χ3n) is 6.88. The van der Waals surface area contributed by atoms with E-state index < -0.39 is 47.1 Å². The van der Waals surface area contributed by atoms with Gasteiger partial charge in [-0.05, 0) is 22.6 Å². The predicted molar refractivity (Wildman–Crippen MR) is 163 cm³/mol. The Morgan fingerprint density at radius 2 is 1.67 bits per heavy atom. The Morgan fingerprint density at radius 1 is 1.05 bits per heavy atom. The predicted octanol–water partition coefficient (Wildman–Crippen LogP) is 3.23. The minimum absolute atomic E-state index is 0. The first-order chi connectivity index (χ1) is 20.3. The molecule has 3 amide bonds. The van der Waals surface area contributed by atoms with Gasteiger partial charge in [-0.3, -0.25) is 14.5 Å². The van der Waals surface area contributed by atoms with E-state index in [0.29, 0.717) is 21.6 Å². The van der Waals surface area contributed by atoms with E-state index >= 15 is 0 Å². The van der Waals surface area contributed by atoms with Crippen molar-refractivity contribution >= 4 is 59.4 Å². The first-order valence-electron chi connectivity index (χ1n) is 12.8. The van der Waals surface area contributed by atoms with Crippen LogP contribution in [0.15, 0.2) is 89.4 Å². The molecule has 0 saturated carbocycles. The highest BCUT2D eigenvalue weighted by Crippen LogP contribution is 2.47. The van der Waals surface area contributed by atoms with Crippen LogP contribution in [0.5, 0.6) is 0 Å². The number of esters is 1. The molecule has 14 heteroatoms. The molecular formula is C29H29ClN4O7S2. The highest BCUT2D eigenvalue weighted by Gasteiger charge is 2.67. The number of ether oxygens (including phenoxy) is 3. The van der Waals surface area contributed by atoms with E-state index in [1.807, 2.05) is 60.7 Å². The molecule has 2 aliphatic rings. The van der Waals surface area contributed by atoms with Gasteiger partial charge in [-0.25, -0.2) is 9.59 Å². The Labute approximate surface area is 261 Å². The Kier molecular flexibility index (Phi) is 10.1. The maximum absolute atomic E-state index is 13.9. The van der Waals surface area contributed by atoms with Crippen LogP contribution in [0.4, 0.5) is 4.79 Å². The van der Waals surface area contributed by atoms with Crippen molar-refractivity contribution < 1.29 is 33.4 Å². The largest absolute Gasteiger partial charge is 0.448 e. The zero-order chi connectivity index (χ0) is 29.9. The van der Waals surface area contributed by atoms with Gasteiger partial charge in [-0.1, -0.05) is 66.7 Å². The Bertz CT molecular complexity index is 1470. The van der Waals surface area contributed by atoms with Crippen molar-refractivity contribution in [3.05, 3.63) is 105 Å². The lowest BCUT2D eigenvalue weighted by Crippen LogP contribution is -2.81. The molecule has 1 aromatic heterocycles. The number of carbonyl (C=O) groups is 4. The molecule has 2 aliphatic heterocycles. The lowest BCUT2D eigenvalue weighted by molar-refractivity contribution is -0.193. The number of hydrogen-bond acceptors (Lipinski definition) is 10. The molecule has 5 rings (SSSR count). The normalized spacial score (nSPS) is 19.9. The number of thiophene rings is 1. The minimum atomic E-state index is -1.78. The molecule has 11 nitrogen and oxygen atoms in total. The van der Waals surface area contributed by atoms with Crippen LogP contribution in [0, 0.1) is 0 Å². The summed E-state index contributed by atoms with van der Waals surface area (Å²) >= 11 is 2.53. The average molecular weight is 645 g/mol. The van der Waals surface area contributed by atoms with Crippen LogP contribution in [-0.4, -0.2) is 59.3 Å². The lowest BCUT2D eigenvalue weighted by atomic mass is 9.97. The van der Waals surface area contributed by atoms with Crippen LogP contribution in [-0.2, 0) is 28.6 Å². The highest BCUT2D eigenvalue weighted by molar-refractivity contribution is 8.00. The number of β-lactam (4-membered cyclic amide) rings is 1. The Morgan fingerprint density at radius 3 is 2.21 bits per heavy atom. The third-order valence-corrected chi connectivity index (χ3v) is 9.21. The molecule has 3 aromatic rings. The number of rotatable bonds is 10. The number of primary amides is 1. The number of hydrogen-bond donors (Lipinski definition) is 3. The van der Waals surface area contributed by atoms with Crippen LogP contribution in [0.1, 0.15) is 28.1 Å². The number of halogens is 1. The number of nitrogens with one attached hydrogen (secondary N) is 1. The lowest BCUT2D eigenvalue weighted by Gasteiger charge is -2.56. The quantitative estimate of drug-likeness (QED) is 0.171. The van der Waals surface area contributed by atoms with Crippen molar-refractivity contribution in [2.24, 2.45) is 11.5 Å². The summed E-state index contributed by atoms with van der Waals surface area (Å²) in [5.74, 6) is -1.97. The third kappa shape index (κ3) is 6.26. The Balaban J connectivity index is 0.00000423. The second-order valence-electron chi connectivity index (χ2n) is 9.43. The van der Waals surface area contributed by atoms with Gasteiger partial charge in [-0.2, -0.15) is 0 Å². The topological polar surface area (TPSA) is 163 Å². The van der Waals surface area contributed by atoms with Gasteiger partial charge in [0.25, 0.3) is 11.6 Å². The fourth-order valence-corrected chi connectivity index (χ4v) is 6.95. The van der Waals surface area contributed by atoms with Crippen LogP contribution in [0.2, 0.25) is 0 Å². The zero-order valence-electron chi connectivity index (χ0n) is 22.8. The molecule has 0 radical (unpaired) electrons. The van der Waals surface area contributed by atoms with Crippen molar-refractivity contribution in [2.75, 3.05) is 19.5 Å². The van der Waals surface area contributed by atoms with E-state index in [9.17, 15) is 19.2 Å². The number of nitrogens with two attached hydrogens (primary N) is 2. The number of carbonyl (C=O) groups excluding carboxylic acids is 4. The van der Waals surface area contributed by atoms with Crippen molar-refractivity contribution in [1.82, 2.24) is 10.2 Å². The second-order valence-corrected chi connectivity index (χ2v) is 11.5. The molecule has 0 bridgehead atoms. The zero-order valence-corrected chi connectivity index (χ0v) is 25.3. The minimum Gasteiger partial charge on any atom is -0.448 e. The summed E-state index contributed by atoms with van der Waals surface area (Å²) in [6.07, 6.45) is -1.84. The molecule has 226 valence electrons. The number of methoxy groups -OCH3 is 1. The standard InChI is InChI=1S/C29H28N4O7S2.ClH/c1-38-29(32-24(34)21(30)20-13-8-14-41-20)26(36)33-22(19(15-39-28(31)37)16-42-27(29)33)25(35)40-23(17-9-4-2-5-10-17)18-11-6-3-7-12-18;/h2-14,21,23,27H,15-16,30H2,1H3,(H2,31,37)(H,32,34);1H/t21?,27-,29-;/m0./s1. The number of amides is 3. The van der Waals surface area contributed by atoms with Gasteiger partial charge in [0, 0.05) is 23.3 Å². The summed E-state index contributed by atoms with van der Waals surface area (Å²) < 4.78 is 16.7. The van der Waals surface area contributed by atoms with E-state index in [1.54, 1.807) is 17.5 Å². The van der Waals surface area contributed by atoms with Gasteiger partial charge in [0.2, 0.25) is 5.91 Å². The highest BCUT2D eigenvalue weighted by atomic mass is 35.5. The molecule has 0 aliphatic carbocycles. The maximum atomic E-state index is 13.9. The SMILES string of the molecule is CO[C@@]1(NC(=O)C(N)c2cccs2)C(=O)N2C(C(=O)OC(c3ccccc3)c3ccccc3)=C(COC(N)=O)CS[C@H]21.Cl. The molecule has 1 fully saturated rings. The number of benzene rings is 2. The number of thioether (sulfide) groups is 1. The number of fused-ring (bicyclic) bond motifs is 1. The smallest absolute Gasteiger partial charge is 0.404 e. The second kappa shape index (κ2) is 13.6. The van der Waals surface area contributed by atoms with Crippen LogP contribution in [0.25, 0.3) is 0 Å². The van der Waals surface area contributed by atoms with Crippen LogP contribution < -0.4 is 16.8 Å². The average Bonchev–Trinajstić information content (AvgIpc) is 3.56. The molecule has 1 unspecified atom stereocenters. The molecule has 3 heterocycles. The molecule has 2 aromatic carbocycles. The molecule has 0 spiro atoms. The van der Waals surface area contributed by atoms with Gasteiger partial charge < -0.3 is 31.0 Å². The van der Waals surface area contributed by atoms with Gasteiger partial charge in [0.05, 0.1) is 0 Å². The first kappa shape index (κ1) is 32.0. The molecule has 1 saturated heterocycles. The van der Waals surface area contributed by atoms with Crippen molar-refractivity contribution in [3.8, 4) is 0 Å². The van der Waals surface area contributed by atoms with E-state index in [2.05, 4.69) is 5.32 Å². The summed E-state index contributed by atoms with van der Waals surface area (Å²) in [5.41, 5.74) is 11.2. The Hall–Kier alpha value is -3.88. The summed E-state index contributed by atoms with van der Waals surface area (Å²) in [5, 5.41) is 3.62. The van der Waals surface area contributed by atoms with E-state index in [4.69, 9.17) is 25.7 Å². The summed E-state index contributed by atoms with van der Waals surface area (Å²) in [7, 11) is 1.29. The number of nitrogens with zero attached hydrogens (tertiary/aromatic N) is 1. The fourth-order valence-electron chi connectivity index (χ4n) is 4.81. The van der Waals surface area contributed by atoms with Gasteiger partial charge >= 0.3 is 12.1 Å². The fraction of sp³-hybridized carbons (Fsp3) is 0.241. The molecular weight excluding hydrogens is 616 g/mol. The summed E-state index contributed by atoms with van der Waals surface area (Å²) in [4.78, 5) is 54.0. The van der Waals surface area contributed by atoms with Crippen molar-refractivity contribution in [3.63, 3.8) is 0 Å². The van der Waals surface area contributed by atoms with Gasteiger partial charge in [0.15, 0.2) is 6.10 Å². The van der Waals surface area contributed by atoms with Crippen molar-refractivity contribution in [1.29, 1.82) is 0 Å². The summed E-state index contributed by atoms with van der Waals surface area (Å²) in [6, 6.07) is 20.8. The van der Waals surface area contributed by atoms with E-state index in [-0.39, 0.29) is 30.5 Å². The van der Waals surface area contributed by atoms with Crippen LogP contribution in [0.3, 0.4) is 0 Å². The van der Waals surface area contributed by atoms with E-state index in [0.717, 1.165) is 0 Å². The molecule has 5 N–H and O–H groups in total. The maximum Gasteiger partial charge on any atom is 0.404 e. The molecule has 3 atom stereocenters. The van der Waals surface area contributed by atoms with Gasteiger partial charge in [-0.15, -0.1) is 35.5 Å². The summed E-state index contributed by atoms with van der Waals surface area (Å²) in [6.45, 7) is -0.333. The van der Waals surface area contributed by atoms with Crippen molar-refractivity contribution in [2.45, 2.75) is 23.2 Å². The van der Waals surface area contributed by atoms with Crippen LogP contribution >= 0.6 is 35.5 Å². The monoisotopic (exact) mass is 644 g/mol. The van der Waals surface area contributed by atoms with E-state index in [1.165, 1.54) is 35.1 Å². The van der Waals surface area contributed by atoms with Gasteiger partial charge in [0.1, 0.15) is 23.7 Å².